The fourth-order valence-electron chi connectivity index (χ4n) is 2.54. The summed E-state index contributed by atoms with van der Waals surface area (Å²) in [5, 5.41) is 16.3. The van der Waals surface area contributed by atoms with Gasteiger partial charge in [-0.1, -0.05) is 31.9 Å². The lowest BCUT2D eigenvalue weighted by atomic mass is 9.93. The molecule has 1 heterocycles. The molecule has 1 amide bonds. The number of nitro benzene ring substituents is 1. The Morgan fingerprint density at radius 1 is 1.39 bits per heavy atom. The summed E-state index contributed by atoms with van der Waals surface area (Å²) in [6.07, 6.45) is 2.85. The predicted molar refractivity (Wildman–Crippen MR) is 85.3 cm³/mol. The second-order valence-corrected chi connectivity index (χ2v) is 5.51. The van der Waals surface area contributed by atoms with Crippen molar-refractivity contribution in [3.63, 3.8) is 0 Å². The lowest BCUT2D eigenvalue weighted by Crippen LogP contribution is -2.33. The van der Waals surface area contributed by atoms with Gasteiger partial charge in [-0.05, 0) is 13.3 Å². The number of hydrogen-bond acceptors (Lipinski definition) is 5. The van der Waals surface area contributed by atoms with Gasteiger partial charge in [0.05, 0.1) is 10.6 Å². The molecule has 0 bridgehead atoms. The van der Waals surface area contributed by atoms with Crippen molar-refractivity contribution in [3.8, 4) is 0 Å². The quantitative estimate of drug-likeness (QED) is 0.254. The van der Waals surface area contributed by atoms with E-state index in [0.29, 0.717) is 12.3 Å². The number of benzene rings is 1. The molecule has 0 saturated heterocycles. The Bertz CT molecular complexity index is 669. The number of non-ortho nitro benzene ring substituents is 1. The van der Waals surface area contributed by atoms with E-state index in [9.17, 15) is 19.7 Å². The Morgan fingerprint density at radius 3 is 2.78 bits per heavy atom. The molecule has 0 fully saturated rings. The van der Waals surface area contributed by atoms with E-state index in [4.69, 9.17) is 0 Å². The summed E-state index contributed by atoms with van der Waals surface area (Å²) in [5.41, 5.74) is 0.418. The Hall–Kier alpha value is -2.57. The minimum absolute atomic E-state index is 0.155. The molecule has 23 heavy (non-hydrogen) atoms. The third-order valence-electron chi connectivity index (χ3n) is 3.77. The van der Waals surface area contributed by atoms with Crippen LogP contribution >= 0.6 is 0 Å². The highest BCUT2D eigenvalue weighted by molar-refractivity contribution is 6.26. The Balaban J connectivity index is 2.17. The van der Waals surface area contributed by atoms with Crippen LogP contribution in [-0.2, 0) is 4.79 Å². The van der Waals surface area contributed by atoms with Crippen LogP contribution in [0, 0.1) is 16.0 Å². The standard InChI is InChI=1S/C16H19N3O4/c1-3-4-5-9-18-16(21)14(11(2)17-18)15(20)12-7-6-8-13(10-12)19(22)23/h6-8,10,14H,3-5,9H2,1-2H3. The number of amides is 1. The number of carbonyl (C=O) groups excluding carboxylic acids is 2. The molecule has 1 unspecified atom stereocenters. The van der Waals surface area contributed by atoms with Crippen LogP contribution in [0.1, 0.15) is 43.5 Å². The highest BCUT2D eigenvalue weighted by Gasteiger charge is 2.39. The van der Waals surface area contributed by atoms with Crippen molar-refractivity contribution in [1.82, 2.24) is 5.01 Å². The first-order valence-corrected chi connectivity index (χ1v) is 7.60. The smallest absolute Gasteiger partial charge is 0.270 e. The van der Waals surface area contributed by atoms with Gasteiger partial charge in [0.2, 0.25) is 0 Å². The van der Waals surface area contributed by atoms with Crippen LogP contribution in [0.4, 0.5) is 5.69 Å². The van der Waals surface area contributed by atoms with Crippen molar-refractivity contribution < 1.29 is 14.5 Å². The van der Waals surface area contributed by atoms with Gasteiger partial charge in [0.15, 0.2) is 5.78 Å². The second kappa shape index (κ2) is 7.13. The maximum absolute atomic E-state index is 12.6. The third-order valence-corrected chi connectivity index (χ3v) is 3.77. The molecule has 0 aromatic heterocycles. The summed E-state index contributed by atoms with van der Waals surface area (Å²) in [4.78, 5) is 35.2. The number of hydrazone groups is 1. The van der Waals surface area contributed by atoms with Gasteiger partial charge < -0.3 is 0 Å². The van der Waals surface area contributed by atoms with E-state index in [2.05, 4.69) is 12.0 Å². The predicted octanol–water partition coefficient (Wildman–Crippen LogP) is 2.80. The van der Waals surface area contributed by atoms with Crippen molar-refractivity contribution in [2.75, 3.05) is 6.54 Å². The van der Waals surface area contributed by atoms with Gasteiger partial charge in [-0.15, -0.1) is 0 Å². The molecular weight excluding hydrogens is 298 g/mol. The summed E-state index contributed by atoms with van der Waals surface area (Å²) in [6.45, 7) is 4.19. The molecule has 0 spiro atoms. The highest BCUT2D eigenvalue weighted by atomic mass is 16.6. The van der Waals surface area contributed by atoms with E-state index < -0.39 is 16.6 Å². The third kappa shape index (κ3) is 3.61. The lowest BCUT2D eigenvalue weighted by molar-refractivity contribution is -0.384. The molecule has 0 N–H and O–H groups in total. The van der Waals surface area contributed by atoms with Crippen molar-refractivity contribution in [2.45, 2.75) is 33.1 Å². The van der Waals surface area contributed by atoms with Crippen molar-refractivity contribution in [1.29, 1.82) is 0 Å². The SMILES string of the molecule is CCCCCN1N=C(C)C(C(=O)c2cccc([N+](=O)[O-])c2)C1=O. The Morgan fingerprint density at radius 2 is 2.13 bits per heavy atom. The van der Waals surface area contributed by atoms with Crippen LogP contribution in [0.15, 0.2) is 29.4 Å². The van der Waals surface area contributed by atoms with Crippen LogP contribution in [0.25, 0.3) is 0 Å². The number of rotatable bonds is 7. The monoisotopic (exact) mass is 317 g/mol. The van der Waals surface area contributed by atoms with Crippen molar-refractivity contribution >= 4 is 23.1 Å². The number of ketones is 1. The lowest BCUT2D eigenvalue weighted by Gasteiger charge is -2.13. The van der Waals surface area contributed by atoms with E-state index in [1.54, 1.807) is 6.92 Å². The summed E-state index contributed by atoms with van der Waals surface area (Å²) >= 11 is 0. The number of Topliss-reactive ketones (excluding diaryl/α,β-unsaturated/α-hetero) is 1. The summed E-state index contributed by atoms with van der Waals surface area (Å²) in [6, 6.07) is 5.43. The van der Waals surface area contributed by atoms with Gasteiger partial charge >= 0.3 is 0 Å². The van der Waals surface area contributed by atoms with Gasteiger partial charge in [0, 0.05) is 24.2 Å². The zero-order chi connectivity index (χ0) is 17.0. The molecule has 0 aliphatic carbocycles. The van der Waals surface area contributed by atoms with Gasteiger partial charge in [-0.3, -0.25) is 19.7 Å². The van der Waals surface area contributed by atoms with Gasteiger partial charge in [0.1, 0.15) is 5.92 Å². The molecule has 1 aromatic rings. The first-order chi connectivity index (χ1) is 11.0. The van der Waals surface area contributed by atoms with E-state index >= 15 is 0 Å². The zero-order valence-corrected chi connectivity index (χ0v) is 13.2. The molecule has 7 heteroatoms. The summed E-state index contributed by atoms with van der Waals surface area (Å²) in [7, 11) is 0. The Kier molecular flexibility index (Phi) is 5.20. The average molecular weight is 317 g/mol. The number of carbonyl (C=O) groups is 2. The van der Waals surface area contributed by atoms with Gasteiger partial charge in [0.25, 0.3) is 11.6 Å². The Labute approximate surface area is 134 Å². The highest BCUT2D eigenvalue weighted by Crippen LogP contribution is 2.23. The van der Waals surface area contributed by atoms with Crippen LogP contribution in [0.3, 0.4) is 0 Å². The van der Waals surface area contributed by atoms with Crippen LogP contribution in [-0.4, -0.2) is 33.9 Å². The minimum Gasteiger partial charge on any atom is -0.293 e. The van der Waals surface area contributed by atoms with Crippen LogP contribution < -0.4 is 0 Å². The number of hydrogen-bond donors (Lipinski definition) is 0. The summed E-state index contributed by atoms with van der Waals surface area (Å²) < 4.78 is 0. The van der Waals surface area contributed by atoms with Crippen molar-refractivity contribution in [3.05, 3.63) is 39.9 Å². The molecule has 1 aliphatic heterocycles. The molecule has 0 saturated carbocycles. The largest absolute Gasteiger partial charge is 0.293 e. The maximum atomic E-state index is 12.6. The number of unbranched alkanes of at least 4 members (excludes halogenated alkanes) is 2. The molecule has 2 rings (SSSR count). The average Bonchev–Trinajstić information content (AvgIpc) is 2.81. The second-order valence-electron chi connectivity index (χ2n) is 5.51. The van der Waals surface area contributed by atoms with Crippen LogP contribution in [0.2, 0.25) is 0 Å². The first kappa shape index (κ1) is 16.8. The van der Waals surface area contributed by atoms with E-state index in [1.807, 2.05) is 0 Å². The number of nitrogens with zero attached hydrogens (tertiary/aromatic N) is 3. The normalized spacial score (nSPS) is 17.3. The fraction of sp³-hybridized carbons (Fsp3) is 0.438. The molecule has 1 aliphatic rings. The molecule has 122 valence electrons. The molecule has 1 aromatic carbocycles. The van der Waals surface area contributed by atoms with Crippen LogP contribution in [0.5, 0.6) is 0 Å². The molecule has 1 atom stereocenters. The zero-order valence-electron chi connectivity index (χ0n) is 13.2. The first-order valence-electron chi connectivity index (χ1n) is 7.60. The maximum Gasteiger partial charge on any atom is 0.270 e. The van der Waals surface area contributed by atoms with E-state index in [1.165, 1.54) is 29.3 Å². The molecular formula is C16H19N3O4. The molecule has 0 radical (unpaired) electrons. The van der Waals surface area contributed by atoms with E-state index in [0.717, 1.165) is 19.3 Å². The molecule has 7 nitrogen and oxygen atoms in total. The van der Waals surface area contributed by atoms with Gasteiger partial charge in [-0.2, -0.15) is 5.10 Å². The topological polar surface area (TPSA) is 92.9 Å². The van der Waals surface area contributed by atoms with Gasteiger partial charge in [-0.25, -0.2) is 5.01 Å². The van der Waals surface area contributed by atoms with E-state index in [-0.39, 0.29) is 17.2 Å². The minimum atomic E-state index is -0.973. The summed E-state index contributed by atoms with van der Waals surface area (Å²) in [5.74, 6) is -1.77. The number of nitro groups is 1. The fourth-order valence-corrected chi connectivity index (χ4v) is 2.54. The van der Waals surface area contributed by atoms with Crippen molar-refractivity contribution in [2.24, 2.45) is 11.0 Å².